The van der Waals surface area contributed by atoms with E-state index in [0.717, 1.165) is 22.2 Å². The van der Waals surface area contributed by atoms with Crippen molar-refractivity contribution in [2.75, 3.05) is 5.32 Å². The van der Waals surface area contributed by atoms with Gasteiger partial charge >= 0.3 is 0 Å². The van der Waals surface area contributed by atoms with Gasteiger partial charge in [-0.15, -0.1) is 0 Å². The molecule has 0 bridgehead atoms. The van der Waals surface area contributed by atoms with E-state index in [2.05, 4.69) is 29.4 Å². The van der Waals surface area contributed by atoms with Crippen molar-refractivity contribution >= 4 is 38.7 Å². The summed E-state index contributed by atoms with van der Waals surface area (Å²) in [5, 5.41) is 3.43. The van der Waals surface area contributed by atoms with Crippen LogP contribution in [0.5, 0.6) is 0 Å². The largest absolute Gasteiger partial charge is 0.298 e. The van der Waals surface area contributed by atoms with E-state index >= 15 is 0 Å². The minimum Gasteiger partial charge on any atom is -0.298 e. The lowest BCUT2D eigenvalue weighted by atomic mass is 10.1. The number of fused-ring (bicyclic) bond motifs is 1. The second-order valence-electron chi connectivity index (χ2n) is 4.90. The van der Waals surface area contributed by atoms with Crippen LogP contribution in [0.2, 0.25) is 0 Å². The van der Waals surface area contributed by atoms with Gasteiger partial charge in [-0.25, -0.2) is 4.98 Å². The molecule has 0 saturated carbocycles. The number of nitrogens with one attached hydrogen (secondary N) is 1. The highest BCUT2D eigenvalue weighted by Gasteiger charge is 2.04. The van der Waals surface area contributed by atoms with Crippen molar-refractivity contribution in [2.45, 2.75) is 13.3 Å². The second kappa shape index (κ2) is 6.54. The Morgan fingerprint density at radius 1 is 1.18 bits per heavy atom. The number of nitrogens with zero attached hydrogens (tertiary/aromatic N) is 1. The van der Waals surface area contributed by atoms with Crippen LogP contribution < -0.4 is 5.32 Å². The summed E-state index contributed by atoms with van der Waals surface area (Å²) in [6.45, 7) is 2.12. The first-order valence-electron chi connectivity index (χ1n) is 7.18. The van der Waals surface area contributed by atoms with Crippen LogP contribution in [-0.4, -0.2) is 10.9 Å². The van der Waals surface area contributed by atoms with Crippen LogP contribution in [0.3, 0.4) is 0 Å². The molecule has 1 heterocycles. The van der Waals surface area contributed by atoms with Gasteiger partial charge < -0.3 is 0 Å². The molecule has 0 aliphatic carbocycles. The maximum Gasteiger partial charge on any atom is 0.250 e. The smallest absolute Gasteiger partial charge is 0.250 e. The fourth-order valence-electron chi connectivity index (χ4n) is 2.11. The van der Waals surface area contributed by atoms with Gasteiger partial charge in [0.2, 0.25) is 5.91 Å². The SMILES string of the molecule is CCc1ccc(/C=C/C(=O)Nc2nc3ccccc3s2)cc1. The van der Waals surface area contributed by atoms with E-state index in [1.54, 1.807) is 0 Å². The average Bonchev–Trinajstić information content (AvgIpc) is 2.95. The summed E-state index contributed by atoms with van der Waals surface area (Å²) in [6.07, 6.45) is 4.36. The predicted molar refractivity (Wildman–Crippen MR) is 93.1 cm³/mol. The van der Waals surface area contributed by atoms with Crippen molar-refractivity contribution in [3.63, 3.8) is 0 Å². The van der Waals surface area contributed by atoms with Crippen molar-refractivity contribution in [1.29, 1.82) is 0 Å². The summed E-state index contributed by atoms with van der Waals surface area (Å²) in [6, 6.07) is 16.0. The zero-order chi connectivity index (χ0) is 15.4. The van der Waals surface area contributed by atoms with Gasteiger partial charge in [0.1, 0.15) is 0 Å². The molecular formula is C18H16N2OS. The highest BCUT2D eigenvalue weighted by molar-refractivity contribution is 7.22. The minimum atomic E-state index is -0.168. The van der Waals surface area contributed by atoms with Gasteiger partial charge in [-0.3, -0.25) is 10.1 Å². The first kappa shape index (κ1) is 14.5. The van der Waals surface area contributed by atoms with Crippen LogP contribution in [0.15, 0.2) is 54.6 Å². The highest BCUT2D eigenvalue weighted by Crippen LogP contribution is 2.25. The lowest BCUT2D eigenvalue weighted by Crippen LogP contribution is -2.07. The van der Waals surface area contributed by atoms with Gasteiger partial charge in [0.15, 0.2) is 5.13 Å². The van der Waals surface area contributed by atoms with Crippen LogP contribution in [0.1, 0.15) is 18.1 Å². The Labute approximate surface area is 133 Å². The molecule has 0 aliphatic rings. The lowest BCUT2D eigenvalue weighted by Gasteiger charge is -1.98. The number of anilines is 1. The molecule has 22 heavy (non-hydrogen) atoms. The zero-order valence-corrected chi connectivity index (χ0v) is 13.1. The summed E-state index contributed by atoms with van der Waals surface area (Å²) in [5.41, 5.74) is 3.20. The third kappa shape index (κ3) is 3.40. The Kier molecular flexibility index (Phi) is 4.30. The van der Waals surface area contributed by atoms with Gasteiger partial charge in [-0.05, 0) is 35.8 Å². The number of aryl methyl sites for hydroxylation is 1. The standard InChI is InChI=1S/C18H16N2OS/c1-2-13-7-9-14(10-8-13)11-12-17(21)20-18-19-15-5-3-4-6-16(15)22-18/h3-12H,2H2,1H3,(H,19,20,21)/b12-11+. The molecule has 1 N–H and O–H groups in total. The Hall–Kier alpha value is -2.46. The molecule has 4 heteroatoms. The number of amides is 1. The van der Waals surface area contributed by atoms with Crippen LogP contribution in [0.4, 0.5) is 5.13 Å². The number of carbonyl (C=O) groups excluding carboxylic acids is 1. The van der Waals surface area contributed by atoms with Crippen molar-refractivity contribution in [1.82, 2.24) is 4.98 Å². The predicted octanol–water partition coefficient (Wildman–Crippen LogP) is 4.51. The first-order chi connectivity index (χ1) is 10.7. The maximum atomic E-state index is 12.0. The Morgan fingerprint density at radius 3 is 2.68 bits per heavy atom. The fourth-order valence-corrected chi connectivity index (χ4v) is 2.98. The number of aromatic nitrogens is 1. The van der Waals surface area contributed by atoms with Crippen molar-refractivity contribution in [3.05, 3.63) is 65.7 Å². The van der Waals surface area contributed by atoms with E-state index in [9.17, 15) is 4.79 Å². The third-order valence-electron chi connectivity index (χ3n) is 3.34. The highest BCUT2D eigenvalue weighted by atomic mass is 32.1. The number of benzene rings is 2. The van der Waals surface area contributed by atoms with Crippen LogP contribution in [0.25, 0.3) is 16.3 Å². The minimum absolute atomic E-state index is 0.168. The molecule has 2 aromatic carbocycles. The number of hydrogen-bond acceptors (Lipinski definition) is 3. The molecule has 0 fully saturated rings. The van der Waals surface area contributed by atoms with Crippen LogP contribution >= 0.6 is 11.3 Å². The van der Waals surface area contributed by atoms with E-state index in [1.807, 2.05) is 42.5 Å². The van der Waals surface area contributed by atoms with E-state index in [1.165, 1.54) is 23.0 Å². The molecule has 3 nitrogen and oxygen atoms in total. The lowest BCUT2D eigenvalue weighted by molar-refractivity contribution is -0.111. The summed E-state index contributed by atoms with van der Waals surface area (Å²) in [7, 11) is 0. The van der Waals surface area contributed by atoms with E-state index in [0.29, 0.717) is 5.13 Å². The Bertz CT molecular complexity index is 785. The van der Waals surface area contributed by atoms with Gasteiger partial charge in [-0.1, -0.05) is 54.7 Å². The van der Waals surface area contributed by atoms with E-state index < -0.39 is 0 Å². The van der Waals surface area contributed by atoms with Crippen molar-refractivity contribution in [3.8, 4) is 0 Å². The van der Waals surface area contributed by atoms with E-state index in [-0.39, 0.29) is 5.91 Å². The van der Waals surface area contributed by atoms with Gasteiger partial charge in [-0.2, -0.15) is 0 Å². The molecular weight excluding hydrogens is 292 g/mol. The Balaban J connectivity index is 1.67. The maximum absolute atomic E-state index is 12.0. The summed E-state index contributed by atoms with van der Waals surface area (Å²) >= 11 is 1.48. The first-order valence-corrected chi connectivity index (χ1v) is 8.00. The monoisotopic (exact) mass is 308 g/mol. The molecule has 0 saturated heterocycles. The van der Waals surface area contributed by atoms with Gasteiger partial charge in [0, 0.05) is 6.08 Å². The number of hydrogen-bond donors (Lipinski definition) is 1. The summed E-state index contributed by atoms with van der Waals surface area (Å²) < 4.78 is 1.07. The van der Waals surface area contributed by atoms with E-state index in [4.69, 9.17) is 0 Å². The molecule has 0 spiro atoms. The van der Waals surface area contributed by atoms with Crippen molar-refractivity contribution < 1.29 is 4.79 Å². The molecule has 1 amide bonds. The topological polar surface area (TPSA) is 42.0 Å². The summed E-state index contributed by atoms with van der Waals surface area (Å²) in [4.78, 5) is 16.3. The molecule has 0 aliphatic heterocycles. The van der Waals surface area contributed by atoms with Crippen LogP contribution in [0, 0.1) is 0 Å². The molecule has 0 atom stereocenters. The van der Waals surface area contributed by atoms with Gasteiger partial charge in [0.25, 0.3) is 0 Å². The average molecular weight is 308 g/mol. The fraction of sp³-hybridized carbons (Fsp3) is 0.111. The number of para-hydroxylation sites is 1. The normalized spacial score (nSPS) is 11.1. The third-order valence-corrected chi connectivity index (χ3v) is 4.29. The second-order valence-corrected chi connectivity index (χ2v) is 5.94. The summed E-state index contributed by atoms with van der Waals surface area (Å²) in [5.74, 6) is -0.168. The quantitative estimate of drug-likeness (QED) is 0.720. The van der Waals surface area contributed by atoms with Gasteiger partial charge in [0.05, 0.1) is 10.2 Å². The molecule has 3 aromatic rings. The molecule has 0 unspecified atom stereocenters. The Morgan fingerprint density at radius 2 is 1.95 bits per heavy atom. The van der Waals surface area contributed by atoms with Crippen LogP contribution in [-0.2, 0) is 11.2 Å². The number of thiazole rings is 1. The number of carbonyl (C=O) groups is 1. The molecule has 3 rings (SSSR count). The zero-order valence-electron chi connectivity index (χ0n) is 12.2. The molecule has 0 radical (unpaired) electrons. The molecule has 1 aromatic heterocycles. The molecule has 110 valence electrons. The van der Waals surface area contributed by atoms with Crippen molar-refractivity contribution in [2.24, 2.45) is 0 Å². The number of rotatable bonds is 4.